The molecule has 0 atom stereocenters. The van der Waals surface area contributed by atoms with E-state index in [2.05, 4.69) is 0 Å². The highest BCUT2D eigenvalue weighted by Crippen LogP contribution is 2.39. The van der Waals surface area contributed by atoms with Crippen molar-refractivity contribution in [1.29, 1.82) is 0 Å². The highest BCUT2D eigenvalue weighted by Gasteiger charge is 2.18. The smallest absolute Gasteiger partial charge is 0.231 e. The van der Waals surface area contributed by atoms with Gasteiger partial charge < -0.3 is 19.9 Å². The largest absolute Gasteiger partial charge is 0.489 e. The van der Waals surface area contributed by atoms with E-state index >= 15 is 0 Å². The lowest BCUT2D eigenvalue weighted by Gasteiger charge is -2.09. The first-order valence-electron chi connectivity index (χ1n) is 6.26. The third kappa shape index (κ3) is 2.66. The average Bonchev–Trinajstić information content (AvgIpc) is 2.94. The Bertz CT molecular complexity index is 631. The molecule has 1 heterocycles. The molecule has 1 aliphatic rings. The van der Waals surface area contributed by atoms with Gasteiger partial charge in [0.15, 0.2) is 11.5 Å². The summed E-state index contributed by atoms with van der Waals surface area (Å²) in [7, 11) is 0. The van der Waals surface area contributed by atoms with Crippen molar-refractivity contribution < 1.29 is 14.2 Å². The fourth-order valence-corrected chi connectivity index (χ4v) is 2.32. The molecule has 0 amide bonds. The summed E-state index contributed by atoms with van der Waals surface area (Å²) < 4.78 is 16.3. The Kier molecular flexibility index (Phi) is 3.67. The molecule has 0 spiro atoms. The van der Waals surface area contributed by atoms with Gasteiger partial charge >= 0.3 is 0 Å². The summed E-state index contributed by atoms with van der Waals surface area (Å²) in [6, 6.07) is 11.4. The topological polar surface area (TPSA) is 53.7 Å². The maximum Gasteiger partial charge on any atom is 0.231 e. The first-order chi connectivity index (χ1) is 9.76. The molecule has 0 radical (unpaired) electrons. The number of halogens is 1. The van der Waals surface area contributed by atoms with Crippen LogP contribution in [-0.4, -0.2) is 6.79 Å². The molecule has 2 aromatic rings. The van der Waals surface area contributed by atoms with Crippen molar-refractivity contribution in [1.82, 2.24) is 0 Å². The minimum absolute atomic E-state index is 0.206. The zero-order chi connectivity index (χ0) is 13.9. The van der Waals surface area contributed by atoms with E-state index in [0.29, 0.717) is 29.7 Å². The third-order valence-corrected chi connectivity index (χ3v) is 3.31. The summed E-state index contributed by atoms with van der Waals surface area (Å²) in [4.78, 5) is 0. The Hall–Kier alpha value is -1.91. The van der Waals surface area contributed by atoms with Crippen LogP contribution in [0.25, 0.3) is 0 Å². The number of rotatable bonds is 4. The summed E-state index contributed by atoms with van der Waals surface area (Å²) in [6.07, 6.45) is 0. The monoisotopic (exact) mass is 291 g/mol. The normalized spacial score (nSPS) is 12.5. The Labute approximate surface area is 122 Å². The Morgan fingerprint density at radius 1 is 1.15 bits per heavy atom. The van der Waals surface area contributed by atoms with Crippen LogP contribution in [-0.2, 0) is 13.2 Å². The fourth-order valence-electron chi connectivity index (χ4n) is 2.03. The molecule has 0 unspecified atom stereocenters. The van der Waals surface area contributed by atoms with Crippen molar-refractivity contribution in [2.24, 2.45) is 5.73 Å². The molecule has 0 saturated heterocycles. The highest BCUT2D eigenvalue weighted by atomic mass is 35.5. The van der Waals surface area contributed by atoms with Crippen LogP contribution in [0.5, 0.6) is 17.2 Å². The van der Waals surface area contributed by atoms with Crippen LogP contribution < -0.4 is 19.9 Å². The molecule has 3 rings (SSSR count). The minimum atomic E-state index is 0.206. The summed E-state index contributed by atoms with van der Waals surface area (Å²) in [5.41, 5.74) is 7.57. The summed E-state index contributed by atoms with van der Waals surface area (Å²) in [5.74, 6) is 2.04. The van der Waals surface area contributed by atoms with Crippen LogP contribution in [0.3, 0.4) is 0 Å². The highest BCUT2D eigenvalue weighted by molar-refractivity contribution is 6.32. The molecule has 4 nitrogen and oxygen atoms in total. The van der Waals surface area contributed by atoms with Gasteiger partial charge in [-0.25, -0.2) is 0 Å². The van der Waals surface area contributed by atoms with Gasteiger partial charge in [0.05, 0.1) is 5.02 Å². The van der Waals surface area contributed by atoms with Gasteiger partial charge in [-0.05, 0) is 35.4 Å². The Balaban J connectivity index is 1.73. The standard InChI is InChI=1S/C15H14ClNO3/c16-13-5-11(6-14-15(13)20-9-19-14)8-18-12-3-1-2-10(4-12)7-17/h1-6H,7-9,17H2. The molecule has 0 aliphatic carbocycles. The van der Waals surface area contributed by atoms with Crippen LogP contribution in [0, 0.1) is 0 Å². The molecular weight excluding hydrogens is 278 g/mol. The zero-order valence-corrected chi connectivity index (χ0v) is 11.5. The van der Waals surface area contributed by atoms with Crippen molar-refractivity contribution in [3.05, 3.63) is 52.5 Å². The first kappa shape index (κ1) is 13.1. The molecule has 0 aromatic heterocycles. The Morgan fingerprint density at radius 2 is 2.05 bits per heavy atom. The van der Waals surface area contributed by atoms with E-state index in [4.69, 9.17) is 31.5 Å². The average molecular weight is 292 g/mol. The van der Waals surface area contributed by atoms with Crippen molar-refractivity contribution in [3.63, 3.8) is 0 Å². The van der Waals surface area contributed by atoms with Crippen LogP contribution in [0.2, 0.25) is 5.02 Å². The maximum absolute atomic E-state index is 6.13. The number of fused-ring (bicyclic) bond motifs is 1. The van der Waals surface area contributed by atoms with Gasteiger partial charge in [0.25, 0.3) is 0 Å². The first-order valence-corrected chi connectivity index (χ1v) is 6.64. The molecule has 1 aliphatic heterocycles. The van der Waals surface area contributed by atoms with Crippen LogP contribution >= 0.6 is 11.6 Å². The van der Waals surface area contributed by atoms with E-state index in [1.807, 2.05) is 36.4 Å². The third-order valence-electron chi connectivity index (χ3n) is 3.03. The summed E-state index contributed by atoms with van der Waals surface area (Å²) in [5, 5.41) is 0.536. The predicted molar refractivity (Wildman–Crippen MR) is 76.2 cm³/mol. The van der Waals surface area contributed by atoms with Gasteiger partial charge in [0.2, 0.25) is 6.79 Å². The van der Waals surface area contributed by atoms with Gasteiger partial charge in [0, 0.05) is 6.54 Å². The fraction of sp³-hybridized carbons (Fsp3) is 0.200. The predicted octanol–water partition coefficient (Wildman–Crippen LogP) is 3.11. The lowest BCUT2D eigenvalue weighted by molar-refractivity contribution is 0.174. The molecule has 5 heteroatoms. The lowest BCUT2D eigenvalue weighted by Crippen LogP contribution is -1.99. The SMILES string of the molecule is NCc1cccc(OCc2cc(Cl)c3c(c2)OCO3)c1. The van der Waals surface area contributed by atoms with Gasteiger partial charge in [-0.15, -0.1) is 0 Å². The van der Waals surface area contributed by atoms with Crippen molar-refractivity contribution >= 4 is 11.6 Å². The van der Waals surface area contributed by atoms with Crippen molar-refractivity contribution in [2.45, 2.75) is 13.2 Å². The maximum atomic E-state index is 6.13. The number of hydrogen-bond donors (Lipinski definition) is 1. The van der Waals surface area contributed by atoms with E-state index in [1.54, 1.807) is 0 Å². The van der Waals surface area contributed by atoms with E-state index < -0.39 is 0 Å². The molecule has 2 N–H and O–H groups in total. The molecule has 104 valence electrons. The second-order valence-corrected chi connectivity index (χ2v) is 4.86. The molecule has 0 bridgehead atoms. The summed E-state index contributed by atoms with van der Waals surface area (Å²) in [6.45, 7) is 1.11. The van der Waals surface area contributed by atoms with Crippen molar-refractivity contribution in [3.8, 4) is 17.2 Å². The van der Waals surface area contributed by atoms with Crippen LogP contribution in [0.4, 0.5) is 0 Å². The van der Waals surface area contributed by atoms with Gasteiger partial charge in [-0.2, -0.15) is 0 Å². The van der Waals surface area contributed by atoms with E-state index in [9.17, 15) is 0 Å². The molecule has 0 fully saturated rings. The minimum Gasteiger partial charge on any atom is -0.489 e. The quantitative estimate of drug-likeness (QED) is 0.940. The zero-order valence-electron chi connectivity index (χ0n) is 10.8. The number of nitrogens with two attached hydrogens (primary N) is 1. The van der Waals surface area contributed by atoms with Gasteiger partial charge in [-0.1, -0.05) is 23.7 Å². The van der Waals surface area contributed by atoms with Gasteiger partial charge in [-0.3, -0.25) is 0 Å². The molecule has 0 saturated carbocycles. The van der Waals surface area contributed by atoms with Crippen LogP contribution in [0.1, 0.15) is 11.1 Å². The lowest BCUT2D eigenvalue weighted by atomic mass is 10.2. The number of hydrogen-bond acceptors (Lipinski definition) is 4. The van der Waals surface area contributed by atoms with E-state index in [0.717, 1.165) is 16.9 Å². The number of benzene rings is 2. The summed E-state index contributed by atoms with van der Waals surface area (Å²) >= 11 is 6.13. The number of ether oxygens (including phenoxy) is 3. The molecule has 2 aromatic carbocycles. The molecule has 20 heavy (non-hydrogen) atoms. The van der Waals surface area contributed by atoms with E-state index in [-0.39, 0.29) is 6.79 Å². The van der Waals surface area contributed by atoms with E-state index in [1.165, 1.54) is 0 Å². The molecular formula is C15H14ClNO3. The Morgan fingerprint density at radius 3 is 2.90 bits per heavy atom. The van der Waals surface area contributed by atoms with Gasteiger partial charge in [0.1, 0.15) is 12.4 Å². The van der Waals surface area contributed by atoms with Crippen molar-refractivity contribution in [2.75, 3.05) is 6.79 Å². The second-order valence-electron chi connectivity index (χ2n) is 4.45. The van der Waals surface area contributed by atoms with Crippen LogP contribution in [0.15, 0.2) is 36.4 Å². The second kappa shape index (κ2) is 5.61.